The normalized spacial score (nSPS) is 18.4. The van der Waals surface area contributed by atoms with Crippen LogP contribution in [0.25, 0.3) is 10.8 Å². The number of anilines is 1. The molecule has 2 aliphatic heterocycles. The van der Waals surface area contributed by atoms with Crippen molar-refractivity contribution in [3.05, 3.63) is 77.4 Å². The second kappa shape index (κ2) is 6.92. The first-order valence-electron chi connectivity index (χ1n) is 10.0. The number of fused-ring (bicyclic) bond motifs is 4. The number of rotatable bonds is 1. The topological polar surface area (TPSA) is 52.7 Å². The molecule has 1 N–H and O–H groups in total. The highest BCUT2D eigenvalue weighted by Gasteiger charge is 2.38. The van der Waals surface area contributed by atoms with Crippen LogP contribution in [0.15, 0.2) is 60.7 Å². The highest BCUT2D eigenvalue weighted by atomic mass is 16.2. The van der Waals surface area contributed by atoms with Gasteiger partial charge >= 0.3 is 6.03 Å². The minimum absolute atomic E-state index is 0.0149. The number of nitrogens with zero attached hydrogens (tertiary/aromatic N) is 2. The van der Waals surface area contributed by atoms with E-state index in [4.69, 9.17) is 0 Å². The van der Waals surface area contributed by atoms with Crippen molar-refractivity contribution in [3.63, 3.8) is 0 Å². The van der Waals surface area contributed by atoms with Crippen molar-refractivity contribution in [3.8, 4) is 0 Å². The van der Waals surface area contributed by atoms with Crippen molar-refractivity contribution in [2.75, 3.05) is 25.0 Å². The fourth-order valence-corrected chi connectivity index (χ4v) is 4.49. The number of piperazine rings is 1. The first-order chi connectivity index (χ1) is 14.1. The van der Waals surface area contributed by atoms with Gasteiger partial charge in [0.25, 0.3) is 0 Å². The van der Waals surface area contributed by atoms with E-state index in [-0.39, 0.29) is 24.5 Å². The van der Waals surface area contributed by atoms with Crippen LogP contribution in [0, 0.1) is 6.92 Å². The standard InChI is InChI=1S/C24H23N3O2/c1-16-6-9-21-19(12-16)10-11-27-22(21)14-26(15-23(27)28)24(29)25-20-8-7-17-4-2-3-5-18(17)13-20/h2-9,12-13,22H,10-11,14-15H2,1H3,(H,25,29)/t22-/m1/s1. The number of carbonyl (C=O) groups is 2. The van der Waals surface area contributed by atoms with E-state index in [1.165, 1.54) is 16.7 Å². The van der Waals surface area contributed by atoms with Gasteiger partial charge in [0.2, 0.25) is 5.91 Å². The molecule has 3 amide bonds. The maximum atomic E-state index is 12.9. The Labute approximate surface area is 169 Å². The molecule has 1 saturated heterocycles. The first kappa shape index (κ1) is 17.7. The van der Waals surface area contributed by atoms with Crippen LogP contribution in [-0.2, 0) is 11.2 Å². The largest absolute Gasteiger partial charge is 0.332 e. The summed E-state index contributed by atoms with van der Waals surface area (Å²) < 4.78 is 0. The molecule has 0 saturated carbocycles. The molecule has 1 atom stereocenters. The molecule has 0 spiro atoms. The Morgan fingerprint density at radius 3 is 2.72 bits per heavy atom. The fourth-order valence-electron chi connectivity index (χ4n) is 4.49. The van der Waals surface area contributed by atoms with Gasteiger partial charge in [-0.1, -0.05) is 54.1 Å². The molecule has 0 aromatic heterocycles. The number of hydrogen-bond donors (Lipinski definition) is 1. The third kappa shape index (κ3) is 3.23. The lowest BCUT2D eigenvalue weighted by molar-refractivity contribution is -0.139. The van der Waals surface area contributed by atoms with Crippen molar-refractivity contribution < 1.29 is 9.59 Å². The lowest BCUT2D eigenvalue weighted by Crippen LogP contribution is -2.56. The Morgan fingerprint density at radius 1 is 1.03 bits per heavy atom. The number of amides is 3. The summed E-state index contributed by atoms with van der Waals surface area (Å²) in [6.45, 7) is 3.44. The molecule has 5 nitrogen and oxygen atoms in total. The molecule has 1 fully saturated rings. The SMILES string of the molecule is Cc1ccc2c(c1)CCN1C(=O)CN(C(=O)Nc3ccc4ccccc4c3)C[C@H]21. The number of aryl methyl sites for hydroxylation is 1. The van der Waals surface area contributed by atoms with Crippen LogP contribution in [0.3, 0.4) is 0 Å². The van der Waals surface area contributed by atoms with Gasteiger partial charge in [0, 0.05) is 18.8 Å². The molecule has 2 aliphatic rings. The van der Waals surface area contributed by atoms with Gasteiger partial charge in [-0.05, 0) is 47.4 Å². The van der Waals surface area contributed by atoms with Crippen LogP contribution >= 0.6 is 0 Å². The molecule has 0 bridgehead atoms. The zero-order chi connectivity index (χ0) is 20.0. The summed E-state index contributed by atoms with van der Waals surface area (Å²) in [5.41, 5.74) is 4.42. The van der Waals surface area contributed by atoms with E-state index in [2.05, 4.69) is 30.4 Å². The Kier molecular flexibility index (Phi) is 4.23. The Bertz CT molecular complexity index is 1120. The molecule has 0 unspecified atom stereocenters. The third-order valence-corrected chi connectivity index (χ3v) is 5.98. The molecular weight excluding hydrogens is 362 g/mol. The van der Waals surface area contributed by atoms with Crippen LogP contribution in [0.5, 0.6) is 0 Å². The van der Waals surface area contributed by atoms with Gasteiger partial charge < -0.3 is 15.1 Å². The maximum absolute atomic E-state index is 12.9. The maximum Gasteiger partial charge on any atom is 0.322 e. The molecule has 5 rings (SSSR count). The highest BCUT2D eigenvalue weighted by molar-refractivity contribution is 5.95. The van der Waals surface area contributed by atoms with E-state index in [1.54, 1.807) is 4.90 Å². The van der Waals surface area contributed by atoms with E-state index >= 15 is 0 Å². The van der Waals surface area contributed by atoms with Crippen molar-refractivity contribution in [2.24, 2.45) is 0 Å². The average Bonchev–Trinajstić information content (AvgIpc) is 2.73. The smallest absolute Gasteiger partial charge is 0.322 e. The predicted molar refractivity (Wildman–Crippen MR) is 114 cm³/mol. The van der Waals surface area contributed by atoms with E-state index in [0.29, 0.717) is 6.54 Å². The van der Waals surface area contributed by atoms with Gasteiger partial charge in [-0.3, -0.25) is 4.79 Å². The van der Waals surface area contributed by atoms with Crippen LogP contribution in [0.1, 0.15) is 22.7 Å². The molecule has 5 heteroatoms. The minimum atomic E-state index is -0.229. The van der Waals surface area contributed by atoms with Gasteiger partial charge in [-0.2, -0.15) is 0 Å². The number of benzene rings is 3. The summed E-state index contributed by atoms with van der Waals surface area (Å²) in [5.74, 6) is 0.0149. The van der Waals surface area contributed by atoms with E-state index in [0.717, 1.165) is 29.4 Å². The number of carbonyl (C=O) groups excluding carboxylic acids is 2. The summed E-state index contributed by atoms with van der Waals surface area (Å²) in [4.78, 5) is 29.2. The molecule has 2 heterocycles. The van der Waals surface area contributed by atoms with Crippen LogP contribution in [0.2, 0.25) is 0 Å². The molecular formula is C24H23N3O2. The number of hydrogen-bond acceptors (Lipinski definition) is 2. The Hall–Kier alpha value is -3.34. The average molecular weight is 385 g/mol. The lowest BCUT2D eigenvalue weighted by atomic mass is 9.89. The molecule has 0 aliphatic carbocycles. The monoisotopic (exact) mass is 385 g/mol. The van der Waals surface area contributed by atoms with Crippen LogP contribution < -0.4 is 5.32 Å². The van der Waals surface area contributed by atoms with Crippen molar-refractivity contribution >= 4 is 28.4 Å². The number of nitrogens with one attached hydrogen (secondary N) is 1. The zero-order valence-corrected chi connectivity index (χ0v) is 16.4. The van der Waals surface area contributed by atoms with Gasteiger partial charge in [0.1, 0.15) is 6.54 Å². The van der Waals surface area contributed by atoms with Gasteiger partial charge in [-0.25, -0.2) is 4.79 Å². The first-order valence-corrected chi connectivity index (χ1v) is 10.0. The number of urea groups is 1. The molecule has 3 aromatic rings. The van der Waals surface area contributed by atoms with Crippen molar-refractivity contribution in [1.82, 2.24) is 9.80 Å². The minimum Gasteiger partial charge on any atom is -0.332 e. The summed E-state index contributed by atoms with van der Waals surface area (Å²) in [7, 11) is 0. The predicted octanol–water partition coefficient (Wildman–Crippen LogP) is 4.12. The van der Waals surface area contributed by atoms with Gasteiger partial charge in [0.05, 0.1) is 6.04 Å². The van der Waals surface area contributed by atoms with E-state index in [9.17, 15) is 9.59 Å². The third-order valence-electron chi connectivity index (χ3n) is 5.98. The second-order valence-electron chi connectivity index (χ2n) is 7.93. The highest BCUT2D eigenvalue weighted by Crippen LogP contribution is 2.33. The summed E-state index contributed by atoms with van der Waals surface area (Å²) >= 11 is 0. The van der Waals surface area contributed by atoms with Crippen molar-refractivity contribution in [1.29, 1.82) is 0 Å². The summed E-state index contributed by atoms with van der Waals surface area (Å²) in [6, 6.07) is 20.0. The van der Waals surface area contributed by atoms with Gasteiger partial charge in [-0.15, -0.1) is 0 Å². The van der Waals surface area contributed by atoms with E-state index in [1.807, 2.05) is 47.4 Å². The fraction of sp³-hybridized carbons (Fsp3) is 0.250. The van der Waals surface area contributed by atoms with Crippen molar-refractivity contribution in [2.45, 2.75) is 19.4 Å². The Morgan fingerprint density at radius 2 is 1.86 bits per heavy atom. The van der Waals surface area contributed by atoms with E-state index < -0.39 is 0 Å². The quantitative estimate of drug-likeness (QED) is 0.685. The zero-order valence-electron chi connectivity index (χ0n) is 16.4. The van der Waals surface area contributed by atoms with Gasteiger partial charge in [0.15, 0.2) is 0 Å². The van der Waals surface area contributed by atoms with Crippen LogP contribution in [0.4, 0.5) is 10.5 Å². The lowest BCUT2D eigenvalue weighted by Gasteiger charge is -2.44. The molecule has 146 valence electrons. The molecule has 3 aromatic carbocycles. The summed E-state index contributed by atoms with van der Waals surface area (Å²) in [6.07, 6.45) is 0.878. The summed E-state index contributed by atoms with van der Waals surface area (Å²) in [5, 5.41) is 5.17. The molecule has 0 radical (unpaired) electrons. The van der Waals surface area contributed by atoms with Crippen LogP contribution in [-0.4, -0.2) is 41.4 Å². The molecule has 29 heavy (non-hydrogen) atoms. The Balaban J connectivity index is 1.38. The second-order valence-corrected chi connectivity index (χ2v) is 7.93.